The quantitative estimate of drug-likeness (QED) is 0.761. The third-order valence-corrected chi connectivity index (χ3v) is 5.83. The second-order valence-corrected chi connectivity index (χ2v) is 8.20. The number of benzene rings is 2. The molecule has 1 aliphatic carbocycles. The van der Waals surface area contributed by atoms with Crippen LogP contribution in [0.4, 0.5) is 0 Å². The number of aryl methyl sites for hydroxylation is 5. The zero-order valence-corrected chi connectivity index (χ0v) is 17.0. The molecule has 0 radical (unpaired) electrons. The molecular formula is C23H27N3O2. The summed E-state index contributed by atoms with van der Waals surface area (Å²) in [4.78, 5) is 16.4. The highest BCUT2D eigenvalue weighted by atomic mass is 16.5. The summed E-state index contributed by atoms with van der Waals surface area (Å²) in [6, 6.07) is 13.0. The van der Waals surface area contributed by atoms with Crippen LogP contribution in [0.2, 0.25) is 0 Å². The number of aromatic nitrogens is 2. The lowest BCUT2D eigenvalue weighted by Crippen LogP contribution is -2.39. The van der Waals surface area contributed by atoms with E-state index < -0.39 is 11.2 Å². The summed E-state index contributed by atoms with van der Waals surface area (Å²) in [5.74, 6) is 0.0417. The predicted octanol–water partition coefficient (Wildman–Crippen LogP) is 3.16. The first kappa shape index (κ1) is 18.7. The Bertz CT molecular complexity index is 1040. The average molecular weight is 377 g/mol. The second-order valence-electron chi connectivity index (χ2n) is 8.20. The van der Waals surface area contributed by atoms with Crippen LogP contribution in [0.25, 0.3) is 0 Å². The van der Waals surface area contributed by atoms with Gasteiger partial charge in [0.05, 0.1) is 5.41 Å². The second kappa shape index (κ2) is 6.74. The van der Waals surface area contributed by atoms with Crippen LogP contribution in [0.3, 0.4) is 0 Å². The molecular weight excluding hydrogens is 350 g/mol. The van der Waals surface area contributed by atoms with E-state index in [2.05, 4.69) is 55.2 Å². The smallest absolute Gasteiger partial charge is 0.328 e. The maximum absolute atomic E-state index is 12.1. The molecule has 28 heavy (non-hydrogen) atoms. The molecule has 1 aromatic heterocycles. The van der Waals surface area contributed by atoms with Crippen LogP contribution in [-0.2, 0) is 25.3 Å². The van der Waals surface area contributed by atoms with Crippen LogP contribution in [0.1, 0.15) is 52.5 Å². The minimum Gasteiger partial charge on any atom is -0.328 e. The van der Waals surface area contributed by atoms with Crippen molar-refractivity contribution in [1.29, 1.82) is 0 Å². The minimum atomic E-state index is -0.627. The number of hydrogen-bond donors (Lipinski definition) is 1. The maximum atomic E-state index is 12.1. The Labute approximate surface area is 165 Å². The lowest BCUT2D eigenvalue weighted by molar-refractivity contribution is 0.264. The van der Waals surface area contributed by atoms with Gasteiger partial charge < -0.3 is 10.3 Å². The highest BCUT2D eigenvalue weighted by Crippen LogP contribution is 2.47. The lowest BCUT2D eigenvalue weighted by atomic mass is 9.68. The average Bonchev–Trinajstić information content (AvgIpc) is 2.90. The first-order valence-electron chi connectivity index (χ1n) is 9.81. The number of rotatable bonds is 3. The van der Waals surface area contributed by atoms with Crippen molar-refractivity contribution >= 4 is 0 Å². The topological polar surface area (TPSA) is 74.1 Å². The van der Waals surface area contributed by atoms with E-state index >= 15 is 0 Å². The van der Waals surface area contributed by atoms with Crippen molar-refractivity contribution in [3.63, 3.8) is 0 Å². The van der Waals surface area contributed by atoms with Gasteiger partial charge in [-0.15, -0.1) is 0 Å². The van der Waals surface area contributed by atoms with Gasteiger partial charge in [-0.1, -0.05) is 47.5 Å². The zero-order valence-electron chi connectivity index (χ0n) is 17.0. The number of fused-ring (bicyclic) bond motifs is 2. The van der Waals surface area contributed by atoms with E-state index in [9.17, 15) is 4.79 Å². The Morgan fingerprint density at radius 2 is 1.64 bits per heavy atom. The fourth-order valence-corrected chi connectivity index (χ4v) is 4.84. The van der Waals surface area contributed by atoms with Gasteiger partial charge >= 0.3 is 5.76 Å². The fraction of sp³-hybridized carbons (Fsp3) is 0.391. The van der Waals surface area contributed by atoms with Crippen LogP contribution < -0.4 is 11.5 Å². The van der Waals surface area contributed by atoms with Gasteiger partial charge in [0.2, 0.25) is 0 Å². The van der Waals surface area contributed by atoms with E-state index in [1.165, 1.54) is 38.1 Å². The molecule has 1 atom stereocenters. The fourth-order valence-electron chi connectivity index (χ4n) is 4.84. The third-order valence-electron chi connectivity index (χ3n) is 5.83. The molecule has 1 aliphatic rings. The monoisotopic (exact) mass is 377 g/mol. The molecule has 0 amide bonds. The molecule has 4 rings (SSSR count). The summed E-state index contributed by atoms with van der Waals surface area (Å²) in [6.07, 6.45) is 2.53. The van der Waals surface area contributed by atoms with Crippen molar-refractivity contribution in [2.24, 2.45) is 12.8 Å². The Morgan fingerprint density at radius 1 is 1.11 bits per heavy atom. The van der Waals surface area contributed by atoms with E-state index in [1.54, 1.807) is 7.05 Å². The van der Waals surface area contributed by atoms with Gasteiger partial charge in [0, 0.05) is 13.1 Å². The largest absolute Gasteiger partial charge is 0.459 e. The van der Waals surface area contributed by atoms with Gasteiger partial charge in [-0.05, 0) is 62.3 Å². The van der Waals surface area contributed by atoms with Crippen molar-refractivity contribution in [2.45, 2.75) is 51.5 Å². The normalized spacial score (nSPS) is 16.2. The predicted molar refractivity (Wildman–Crippen MR) is 110 cm³/mol. The molecule has 2 aromatic carbocycles. The summed E-state index contributed by atoms with van der Waals surface area (Å²) in [7, 11) is 1.75. The maximum Gasteiger partial charge on any atom is 0.459 e. The van der Waals surface area contributed by atoms with Gasteiger partial charge in [0.25, 0.3) is 0 Å². The molecule has 5 nitrogen and oxygen atoms in total. The van der Waals surface area contributed by atoms with Crippen LogP contribution >= 0.6 is 0 Å². The van der Waals surface area contributed by atoms with Crippen LogP contribution in [0.5, 0.6) is 0 Å². The molecule has 5 heteroatoms. The molecule has 0 saturated heterocycles. The van der Waals surface area contributed by atoms with Gasteiger partial charge in [-0.2, -0.15) is 9.72 Å². The highest BCUT2D eigenvalue weighted by molar-refractivity contribution is 5.56. The summed E-state index contributed by atoms with van der Waals surface area (Å²) in [5.41, 5.74) is 13.1. The van der Waals surface area contributed by atoms with E-state index in [0.29, 0.717) is 12.2 Å². The van der Waals surface area contributed by atoms with Gasteiger partial charge in [-0.3, -0.25) is 0 Å². The molecule has 0 fully saturated rings. The zero-order chi connectivity index (χ0) is 20.1. The summed E-state index contributed by atoms with van der Waals surface area (Å²) >= 11 is 0. The van der Waals surface area contributed by atoms with Crippen LogP contribution in [0, 0.1) is 13.8 Å². The van der Waals surface area contributed by atoms with Crippen molar-refractivity contribution in [1.82, 2.24) is 9.72 Å². The Morgan fingerprint density at radius 3 is 2.07 bits per heavy atom. The SMILES string of the molecule is Cc1ccc2c(c1)CCc1cc(C)ccc1C2(CC(C)N)c1nc(=O)on1C. The number of nitrogens with zero attached hydrogens (tertiary/aromatic N) is 2. The molecule has 0 saturated carbocycles. The molecule has 1 heterocycles. The van der Waals surface area contributed by atoms with Gasteiger partial charge in [0.15, 0.2) is 5.82 Å². The molecule has 1 unspecified atom stereocenters. The van der Waals surface area contributed by atoms with Crippen molar-refractivity contribution in [3.8, 4) is 0 Å². The van der Waals surface area contributed by atoms with Crippen molar-refractivity contribution < 1.29 is 4.52 Å². The van der Waals surface area contributed by atoms with Crippen LogP contribution in [-0.4, -0.2) is 15.8 Å². The molecule has 3 aromatic rings. The van der Waals surface area contributed by atoms with Gasteiger partial charge in [-0.25, -0.2) is 4.79 Å². The van der Waals surface area contributed by atoms with E-state index in [-0.39, 0.29) is 6.04 Å². The molecule has 0 bridgehead atoms. The number of nitrogens with two attached hydrogens (primary N) is 1. The first-order chi connectivity index (χ1) is 13.3. The van der Waals surface area contributed by atoms with E-state index in [0.717, 1.165) is 12.8 Å². The molecule has 146 valence electrons. The summed E-state index contributed by atoms with van der Waals surface area (Å²) in [5, 5.41) is 0. The first-order valence-corrected chi connectivity index (χ1v) is 9.81. The van der Waals surface area contributed by atoms with Crippen molar-refractivity contribution in [3.05, 3.63) is 86.2 Å². The Balaban J connectivity index is 2.16. The standard InChI is InChI=1S/C23H27N3O2/c1-14-5-9-19-17(11-14)7-8-18-12-15(2)6-10-20(18)23(19,13-16(3)24)21-25-22(27)28-26(21)4/h5-6,9-12,16H,7-8,13,24H2,1-4H3. The third kappa shape index (κ3) is 2.90. The summed E-state index contributed by atoms with van der Waals surface area (Å²) in [6.45, 7) is 6.23. The molecule has 0 spiro atoms. The van der Waals surface area contributed by atoms with E-state index in [1.807, 2.05) is 6.92 Å². The van der Waals surface area contributed by atoms with E-state index in [4.69, 9.17) is 10.3 Å². The van der Waals surface area contributed by atoms with Crippen LogP contribution in [0.15, 0.2) is 45.7 Å². The van der Waals surface area contributed by atoms with Gasteiger partial charge in [0.1, 0.15) is 0 Å². The minimum absolute atomic E-state index is 0.0896. The lowest BCUT2D eigenvalue weighted by Gasteiger charge is -2.36. The van der Waals surface area contributed by atoms with Crippen molar-refractivity contribution in [2.75, 3.05) is 0 Å². The Hall–Kier alpha value is -2.66. The highest BCUT2D eigenvalue weighted by Gasteiger charge is 2.45. The number of hydrogen-bond acceptors (Lipinski definition) is 4. The summed E-state index contributed by atoms with van der Waals surface area (Å²) < 4.78 is 6.82. The molecule has 0 aliphatic heterocycles. The Kier molecular flexibility index (Phi) is 4.50. The molecule has 2 N–H and O–H groups in total.